The van der Waals surface area contributed by atoms with Crippen LogP contribution in [0.3, 0.4) is 0 Å². The summed E-state index contributed by atoms with van der Waals surface area (Å²) in [4.78, 5) is 35.3. The number of carbonyl (C=O) groups is 3. The van der Waals surface area contributed by atoms with Gasteiger partial charge in [0.25, 0.3) is 5.91 Å². The zero-order valence-corrected chi connectivity index (χ0v) is 15.7. The lowest BCUT2D eigenvalue weighted by Gasteiger charge is -2.14. The summed E-state index contributed by atoms with van der Waals surface area (Å²) < 4.78 is 4.87. The van der Waals surface area contributed by atoms with Gasteiger partial charge in [-0.2, -0.15) is 0 Å². The number of benzene rings is 2. The van der Waals surface area contributed by atoms with Crippen molar-refractivity contribution in [2.24, 2.45) is 0 Å². The number of halogens is 1. The van der Waals surface area contributed by atoms with E-state index in [0.717, 1.165) is 11.1 Å². The van der Waals surface area contributed by atoms with Crippen LogP contribution in [0.25, 0.3) is 0 Å². The minimum Gasteiger partial charge on any atom is -0.454 e. The van der Waals surface area contributed by atoms with E-state index < -0.39 is 18.5 Å². The fourth-order valence-corrected chi connectivity index (χ4v) is 2.46. The Morgan fingerprint density at radius 2 is 1.67 bits per heavy atom. The van der Waals surface area contributed by atoms with Crippen LogP contribution in [0, 0.1) is 0 Å². The van der Waals surface area contributed by atoms with Gasteiger partial charge in [-0.15, -0.1) is 0 Å². The molecule has 142 valence electrons. The van der Waals surface area contributed by atoms with Gasteiger partial charge in [0.05, 0.1) is 12.5 Å². The standard InChI is InChI=1S/C20H21ClN2O4/c1-14(16-7-9-17(21)10-8-16)23-19(25)13-27-20(26)12-22-18(24)11-15-5-3-2-4-6-15/h2-10,14H,11-13H2,1H3,(H,22,24)(H,23,25). The van der Waals surface area contributed by atoms with E-state index in [9.17, 15) is 14.4 Å². The number of amides is 2. The van der Waals surface area contributed by atoms with Crippen molar-refractivity contribution in [1.82, 2.24) is 10.6 Å². The quantitative estimate of drug-likeness (QED) is 0.680. The molecule has 2 N–H and O–H groups in total. The maximum absolute atomic E-state index is 11.9. The van der Waals surface area contributed by atoms with Crippen molar-refractivity contribution in [3.63, 3.8) is 0 Å². The fraction of sp³-hybridized carbons (Fsp3) is 0.250. The Labute approximate surface area is 162 Å². The molecule has 0 saturated carbocycles. The molecule has 1 unspecified atom stereocenters. The number of nitrogens with one attached hydrogen (secondary N) is 2. The van der Waals surface area contributed by atoms with E-state index in [1.54, 1.807) is 12.1 Å². The van der Waals surface area contributed by atoms with Crippen molar-refractivity contribution < 1.29 is 19.1 Å². The van der Waals surface area contributed by atoms with Gasteiger partial charge in [-0.05, 0) is 30.2 Å². The molecule has 0 saturated heterocycles. The zero-order valence-electron chi connectivity index (χ0n) is 14.9. The van der Waals surface area contributed by atoms with E-state index in [-0.39, 0.29) is 24.9 Å². The lowest BCUT2D eigenvalue weighted by molar-refractivity contribution is -0.148. The largest absolute Gasteiger partial charge is 0.454 e. The first-order valence-corrected chi connectivity index (χ1v) is 8.83. The fourth-order valence-electron chi connectivity index (χ4n) is 2.33. The molecular formula is C20H21ClN2O4. The zero-order chi connectivity index (χ0) is 19.6. The van der Waals surface area contributed by atoms with Gasteiger partial charge >= 0.3 is 5.97 Å². The summed E-state index contributed by atoms with van der Waals surface area (Å²) in [6, 6.07) is 16.0. The predicted octanol–water partition coefficient (Wildman–Crippen LogP) is 2.42. The number of hydrogen-bond acceptors (Lipinski definition) is 4. The van der Waals surface area contributed by atoms with Crippen molar-refractivity contribution in [3.8, 4) is 0 Å². The van der Waals surface area contributed by atoms with Gasteiger partial charge in [0.2, 0.25) is 5.91 Å². The Hall–Kier alpha value is -2.86. The van der Waals surface area contributed by atoms with Crippen LogP contribution in [0.4, 0.5) is 0 Å². The molecule has 27 heavy (non-hydrogen) atoms. The Bertz CT molecular complexity index is 778. The molecule has 2 rings (SSSR count). The van der Waals surface area contributed by atoms with E-state index in [4.69, 9.17) is 16.3 Å². The average molecular weight is 389 g/mol. The molecule has 0 aliphatic rings. The van der Waals surface area contributed by atoms with Crippen LogP contribution in [-0.4, -0.2) is 30.9 Å². The molecule has 2 aromatic carbocycles. The molecule has 0 radical (unpaired) electrons. The topological polar surface area (TPSA) is 84.5 Å². The molecular weight excluding hydrogens is 368 g/mol. The normalized spacial score (nSPS) is 11.3. The van der Waals surface area contributed by atoms with Crippen LogP contribution in [0.15, 0.2) is 54.6 Å². The highest BCUT2D eigenvalue weighted by atomic mass is 35.5. The van der Waals surface area contributed by atoms with Gasteiger partial charge in [-0.1, -0.05) is 54.1 Å². The average Bonchev–Trinajstić information content (AvgIpc) is 2.66. The van der Waals surface area contributed by atoms with Gasteiger partial charge in [0.15, 0.2) is 6.61 Å². The van der Waals surface area contributed by atoms with Crippen molar-refractivity contribution in [3.05, 3.63) is 70.7 Å². The smallest absolute Gasteiger partial charge is 0.325 e. The first kappa shape index (κ1) is 20.5. The van der Waals surface area contributed by atoms with Crippen molar-refractivity contribution in [1.29, 1.82) is 0 Å². The molecule has 0 heterocycles. The summed E-state index contributed by atoms with van der Waals surface area (Å²) in [5.74, 6) is -1.40. The first-order valence-electron chi connectivity index (χ1n) is 8.45. The van der Waals surface area contributed by atoms with E-state index in [0.29, 0.717) is 5.02 Å². The molecule has 2 aromatic rings. The maximum atomic E-state index is 11.9. The molecule has 0 bridgehead atoms. The van der Waals surface area contributed by atoms with Crippen LogP contribution >= 0.6 is 11.6 Å². The van der Waals surface area contributed by atoms with Crippen LogP contribution in [0.2, 0.25) is 5.02 Å². The van der Waals surface area contributed by atoms with Crippen molar-refractivity contribution >= 4 is 29.4 Å². The second-order valence-corrected chi connectivity index (χ2v) is 6.38. The molecule has 2 amide bonds. The highest BCUT2D eigenvalue weighted by Gasteiger charge is 2.13. The Kier molecular flexibility index (Phi) is 7.82. The van der Waals surface area contributed by atoms with Crippen LogP contribution in [-0.2, 0) is 25.5 Å². The SMILES string of the molecule is CC(NC(=O)COC(=O)CNC(=O)Cc1ccccc1)c1ccc(Cl)cc1. The molecule has 0 fully saturated rings. The molecule has 0 aromatic heterocycles. The Morgan fingerprint density at radius 1 is 1.00 bits per heavy atom. The monoisotopic (exact) mass is 388 g/mol. The molecule has 0 spiro atoms. The Morgan fingerprint density at radius 3 is 2.33 bits per heavy atom. The van der Waals surface area contributed by atoms with Crippen LogP contribution < -0.4 is 10.6 Å². The van der Waals surface area contributed by atoms with Gasteiger partial charge < -0.3 is 15.4 Å². The highest BCUT2D eigenvalue weighted by molar-refractivity contribution is 6.30. The summed E-state index contributed by atoms with van der Waals surface area (Å²) in [5, 5.41) is 5.80. The van der Waals surface area contributed by atoms with E-state index >= 15 is 0 Å². The third kappa shape index (κ3) is 7.50. The Balaban J connectivity index is 1.66. The molecule has 0 aliphatic heterocycles. The maximum Gasteiger partial charge on any atom is 0.325 e. The minimum atomic E-state index is -0.675. The van der Waals surface area contributed by atoms with Crippen LogP contribution in [0.5, 0.6) is 0 Å². The van der Waals surface area contributed by atoms with E-state index in [2.05, 4.69) is 10.6 Å². The molecule has 0 aliphatic carbocycles. The number of ether oxygens (including phenoxy) is 1. The van der Waals surface area contributed by atoms with Crippen molar-refractivity contribution in [2.75, 3.05) is 13.2 Å². The third-order valence-electron chi connectivity index (χ3n) is 3.75. The van der Waals surface area contributed by atoms with E-state index in [1.807, 2.05) is 49.4 Å². The first-order chi connectivity index (χ1) is 12.9. The minimum absolute atomic E-state index is 0.174. The number of esters is 1. The van der Waals surface area contributed by atoms with Crippen LogP contribution in [0.1, 0.15) is 24.1 Å². The predicted molar refractivity (Wildman–Crippen MR) is 102 cm³/mol. The lowest BCUT2D eigenvalue weighted by Crippen LogP contribution is -2.35. The lowest BCUT2D eigenvalue weighted by atomic mass is 10.1. The molecule has 7 heteroatoms. The van der Waals surface area contributed by atoms with Gasteiger partial charge in [0.1, 0.15) is 6.54 Å². The molecule has 1 atom stereocenters. The second kappa shape index (κ2) is 10.3. The summed E-state index contributed by atoms with van der Waals surface area (Å²) in [6.07, 6.45) is 0.174. The van der Waals surface area contributed by atoms with E-state index in [1.165, 1.54) is 0 Å². The van der Waals surface area contributed by atoms with Gasteiger partial charge in [-0.3, -0.25) is 14.4 Å². The summed E-state index contributed by atoms with van der Waals surface area (Å²) in [7, 11) is 0. The second-order valence-electron chi connectivity index (χ2n) is 5.94. The third-order valence-corrected chi connectivity index (χ3v) is 4.00. The summed E-state index contributed by atoms with van der Waals surface area (Å²) >= 11 is 5.83. The van der Waals surface area contributed by atoms with Gasteiger partial charge in [-0.25, -0.2) is 0 Å². The summed E-state index contributed by atoms with van der Waals surface area (Å²) in [5.41, 5.74) is 1.73. The number of hydrogen-bond donors (Lipinski definition) is 2. The molecule has 6 nitrogen and oxygen atoms in total. The number of carbonyl (C=O) groups excluding carboxylic acids is 3. The summed E-state index contributed by atoms with van der Waals surface area (Å²) in [6.45, 7) is 1.11. The highest BCUT2D eigenvalue weighted by Crippen LogP contribution is 2.15. The number of rotatable bonds is 8. The van der Waals surface area contributed by atoms with Gasteiger partial charge in [0, 0.05) is 5.02 Å². The van der Waals surface area contributed by atoms with Crippen molar-refractivity contribution in [2.45, 2.75) is 19.4 Å².